The molecular formula is C14H10FNO. The van der Waals surface area contributed by atoms with Crippen molar-refractivity contribution in [1.82, 2.24) is 0 Å². The molecule has 0 aliphatic carbocycles. The molecule has 2 aromatic carbocycles. The maximum absolute atomic E-state index is 13.0. The maximum Gasteiger partial charge on any atom is 0.159 e. The first-order valence-corrected chi connectivity index (χ1v) is 5.38. The monoisotopic (exact) mass is 227 g/mol. The van der Waals surface area contributed by atoms with Crippen LogP contribution in [0.2, 0.25) is 0 Å². The van der Waals surface area contributed by atoms with Gasteiger partial charge in [-0.15, -0.1) is 0 Å². The Bertz CT molecular complexity index is 566. The minimum atomic E-state index is -0.303. The Hall–Kier alpha value is -2.16. The summed E-state index contributed by atoms with van der Waals surface area (Å²) < 4.78 is 18.7. The van der Waals surface area contributed by atoms with Crippen LogP contribution >= 0.6 is 0 Å². The molecule has 17 heavy (non-hydrogen) atoms. The van der Waals surface area contributed by atoms with E-state index in [1.807, 2.05) is 30.3 Å². The molecule has 0 amide bonds. The smallest absolute Gasteiger partial charge is 0.159 e. The van der Waals surface area contributed by atoms with Crippen molar-refractivity contribution in [3.63, 3.8) is 0 Å². The standard InChI is InChI=1S/C14H10FNO/c15-11-6-7-13-12(8-11)16-9-14(17-13)10-4-2-1-3-5-10/h1-9,14H. The summed E-state index contributed by atoms with van der Waals surface area (Å²) in [6.45, 7) is 0. The van der Waals surface area contributed by atoms with Crippen LogP contribution in [0.3, 0.4) is 0 Å². The van der Waals surface area contributed by atoms with Crippen LogP contribution in [-0.2, 0) is 0 Å². The van der Waals surface area contributed by atoms with Crippen molar-refractivity contribution in [2.24, 2.45) is 4.99 Å². The number of fused-ring (bicyclic) bond motifs is 1. The van der Waals surface area contributed by atoms with Crippen LogP contribution in [0.4, 0.5) is 10.1 Å². The summed E-state index contributed by atoms with van der Waals surface area (Å²) in [5.41, 5.74) is 1.57. The van der Waals surface area contributed by atoms with E-state index < -0.39 is 0 Å². The van der Waals surface area contributed by atoms with E-state index >= 15 is 0 Å². The van der Waals surface area contributed by atoms with E-state index in [9.17, 15) is 4.39 Å². The van der Waals surface area contributed by atoms with Gasteiger partial charge in [0.05, 0.1) is 6.21 Å². The second-order valence-corrected chi connectivity index (χ2v) is 3.84. The van der Waals surface area contributed by atoms with Crippen LogP contribution in [0.25, 0.3) is 0 Å². The Kier molecular flexibility index (Phi) is 2.37. The predicted molar refractivity (Wildman–Crippen MR) is 64.4 cm³/mol. The molecular weight excluding hydrogens is 217 g/mol. The molecule has 3 heteroatoms. The van der Waals surface area contributed by atoms with E-state index in [-0.39, 0.29) is 11.9 Å². The minimum Gasteiger partial charge on any atom is -0.478 e. The second kappa shape index (κ2) is 4.01. The maximum atomic E-state index is 13.0. The molecule has 2 nitrogen and oxygen atoms in total. The van der Waals surface area contributed by atoms with E-state index in [1.54, 1.807) is 12.3 Å². The zero-order chi connectivity index (χ0) is 11.7. The van der Waals surface area contributed by atoms with Crippen molar-refractivity contribution in [3.8, 4) is 5.75 Å². The molecule has 0 aromatic heterocycles. The Morgan fingerprint density at radius 2 is 1.88 bits per heavy atom. The van der Waals surface area contributed by atoms with E-state index in [1.165, 1.54) is 12.1 Å². The lowest BCUT2D eigenvalue weighted by molar-refractivity contribution is 0.274. The first-order valence-electron chi connectivity index (χ1n) is 5.38. The number of benzene rings is 2. The van der Waals surface area contributed by atoms with Gasteiger partial charge in [-0.05, 0) is 17.7 Å². The SMILES string of the molecule is Fc1ccc2c(c1)N=CC(c1ccccc1)O2. The fourth-order valence-electron chi connectivity index (χ4n) is 1.80. The summed E-state index contributed by atoms with van der Waals surface area (Å²) >= 11 is 0. The quantitative estimate of drug-likeness (QED) is 0.728. The number of halogens is 1. The minimum absolute atomic E-state index is 0.200. The largest absolute Gasteiger partial charge is 0.478 e. The molecule has 3 rings (SSSR count). The topological polar surface area (TPSA) is 21.6 Å². The molecule has 1 unspecified atom stereocenters. The normalized spacial score (nSPS) is 17.4. The van der Waals surface area contributed by atoms with Crippen molar-refractivity contribution in [2.75, 3.05) is 0 Å². The van der Waals surface area contributed by atoms with Gasteiger partial charge in [0, 0.05) is 6.07 Å². The first-order chi connectivity index (χ1) is 8.33. The number of aliphatic imine (C=N–C) groups is 1. The van der Waals surface area contributed by atoms with Crippen LogP contribution in [0.15, 0.2) is 53.5 Å². The van der Waals surface area contributed by atoms with Gasteiger partial charge in [0.15, 0.2) is 6.10 Å². The van der Waals surface area contributed by atoms with Gasteiger partial charge >= 0.3 is 0 Å². The second-order valence-electron chi connectivity index (χ2n) is 3.84. The van der Waals surface area contributed by atoms with Gasteiger partial charge < -0.3 is 4.74 Å². The van der Waals surface area contributed by atoms with E-state index in [0.29, 0.717) is 11.4 Å². The molecule has 0 saturated carbocycles. The number of rotatable bonds is 1. The van der Waals surface area contributed by atoms with Gasteiger partial charge in [-0.2, -0.15) is 0 Å². The summed E-state index contributed by atoms with van der Waals surface area (Å²) in [5, 5.41) is 0. The summed E-state index contributed by atoms with van der Waals surface area (Å²) in [6, 6.07) is 14.2. The highest BCUT2D eigenvalue weighted by Crippen LogP contribution is 2.35. The molecule has 0 radical (unpaired) electrons. The molecule has 84 valence electrons. The predicted octanol–water partition coefficient (Wildman–Crippen LogP) is 3.66. The number of hydrogen-bond donors (Lipinski definition) is 0. The van der Waals surface area contributed by atoms with Crippen LogP contribution in [0.5, 0.6) is 5.75 Å². The zero-order valence-corrected chi connectivity index (χ0v) is 9.01. The Labute approximate surface area is 98.4 Å². The van der Waals surface area contributed by atoms with Crippen LogP contribution in [0, 0.1) is 5.82 Å². The lowest BCUT2D eigenvalue weighted by atomic mass is 10.1. The molecule has 1 aliphatic rings. The third kappa shape index (κ3) is 1.91. The molecule has 0 spiro atoms. The van der Waals surface area contributed by atoms with Crippen LogP contribution in [-0.4, -0.2) is 6.21 Å². The molecule has 1 aliphatic heterocycles. The van der Waals surface area contributed by atoms with E-state index in [2.05, 4.69) is 4.99 Å². The highest BCUT2D eigenvalue weighted by molar-refractivity contribution is 5.75. The van der Waals surface area contributed by atoms with Crippen molar-refractivity contribution in [3.05, 3.63) is 59.9 Å². The van der Waals surface area contributed by atoms with Crippen molar-refractivity contribution in [1.29, 1.82) is 0 Å². The third-order valence-corrected chi connectivity index (χ3v) is 2.65. The molecule has 0 bridgehead atoms. The highest BCUT2D eigenvalue weighted by Gasteiger charge is 2.17. The Balaban J connectivity index is 1.94. The molecule has 0 N–H and O–H groups in total. The van der Waals surface area contributed by atoms with E-state index in [0.717, 1.165) is 5.56 Å². The van der Waals surface area contributed by atoms with Crippen molar-refractivity contribution in [2.45, 2.75) is 6.10 Å². The fourth-order valence-corrected chi connectivity index (χ4v) is 1.80. The molecule has 0 fully saturated rings. The van der Waals surface area contributed by atoms with Crippen molar-refractivity contribution < 1.29 is 9.13 Å². The lowest BCUT2D eigenvalue weighted by Crippen LogP contribution is -2.11. The van der Waals surface area contributed by atoms with Gasteiger partial charge in [-0.1, -0.05) is 30.3 Å². The van der Waals surface area contributed by atoms with Gasteiger partial charge in [0.25, 0.3) is 0 Å². The highest BCUT2D eigenvalue weighted by atomic mass is 19.1. The summed E-state index contributed by atoms with van der Waals surface area (Å²) in [4.78, 5) is 4.22. The Morgan fingerprint density at radius 1 is 1.06 bits per heavy atom. The lowest BCUT2D eigenvalue weighted by Gasteiger charge is -2.20. The summed E-state index contributed by atoms with van der Waals surface area (Å²) in [6.07, 6.45) is 1.49. The summed E-state index contributed by atoms with van der Waals surface area (Å²) in [5.74, 6) is 0.311. The van der Waals surface area contributed by atoms with Crippen LogP contribution < -0.4 is 4.74 Å². The average molecular weight is 227 g/mol. The average Bonchev–Trinajstić information content (AvgIpc) is 2.39. The fraction of sp³-hybridized carbons (Fsp3) is 0.0714. The first kappa shape index (κ1) is 10.0. The number of hydrogen-bond acceptors (Lipinski definition) is 2. The number of nitrogens with zero attached hydrogens (tertiary/aromatic N) is 1. The summed E-state index contributed by atoms with van der Waals surface area (Å²) in [7, 11) is 0. The Morgan fingerprint density at radius 3 is 2.71 bits per heavy atom. The molecule has 0 saturated heterocycles. The number of ether oxygens (including phenoxy) is 1. The molecule has 1 atom stereocenters. The van der Waals surface area contributed by atoms with Gasteiger partial charge in [-0.25, -0.2) is 4.39 Å². The molecule has 1 heterocycles. The third-order valence-electron chi connectivity index (χ3n) is 2.65. The van der Waals surface area contributed by atoms with Gasteiger partial charge in [-0.3, -0.25) is 4.99 Å². The van der Waals surface area contributed by atoms with Crippen molar-refractivity contribution >= 4 is 11.9 Å². The zero-order valence-electron chi connectivity index (χ0n) is 9.01. The van der Waals surface area contributed by atoms with E-state index in [4.69, 9.17) is 4.74 Å². The van der Waals surface area contributed by atoms with Gasteiger partial charge in [0.1, 0.15) is 17.3 Å². The molecule has 2 aromatic rings. The van der Waals surface area contributed by atoms with Crippen LogP contribution in [0.1, 0.15) is 11.7 Å². The van der Waals surface area contributed by atoms with Gasteiger partial charge in [0.2, 0.25) is 0 Å².